The van der Waals surface area contributed by atoms with Gasteiger partial charge in [-0.3, -0.25) is 0 Å². The number of nitrogens with zero attached hydrogens (tertiary/aromatic N) is 3. The summed E-state index contributed by atoms with van der Waals surface area (Å²) in [5.41, 5.74) is 10.4. The summed E-state index contributed by atoms with van der Waals surface area (Å²) >= 11 is 0. The maximum Gasteiger partial charge on any atom is 0.160 e. The molecule has 5 heteroatoms. The van der Waals surface area contributed by atoms with Crippen molar-refractivity contribution in [3.63, 3.8) is 0 Å². The van der Waals surface area contributed by atoms with Crippen LogP contribution >= 0.6 is 0 Å². The molecule has 0 aliphatic rings. The first-order valence-electron chi connectivity index (χ1n) is 16.4. The first kappa shape index (κ1) is 26.4. The van der Waals surface area contributed by atoms with Crippen LogP contribution in [0.4, 0.5) is 0 Å². The van der Waals surface area contributed by atoms with Crippen molar-refractivity contribution in [2.24, 2.45) is 0 Å². The van der Waals surface area contributed by atoms with Gasteiger partial charge in [0.05, 0.1) is 22.1 Å². The Labute approximate surface area is 279 Å². The Morgan fingerprint density at radius 3 is 1.78 bits per heavy atom. The van der Waals surface area contributed by atoms with Crippen molar-refractivity contribution >= 4 is 76.6 Å². The molecule has 7 aromatic carbocycles. The van der Waals surface area contributed by atoms with Crippen molar-refractivity contribution < 1.29 is 8.83 Å². The minimum atomic E-state index is 0.690. The number of rotatable bonds is 3. The second kappa shape index (κ2) is 9.89. The van der Waals surface area contributed by atoms with Gasteiger partial charge in [0, 0.05) is 49.1 Å². The number of fused-ring (bicyclic) bond motifs is 13. The molecule has 0 bridgehead atoms. The molecule has 0 radical (unpaired) electrons. The van der Waals surface area contributed by atoms with Crippen LogP contribution in [0.3, 0.4) is 0 Å². The van der Waals surface area contributed by atoms with Crippen LogP contribution in [0.25, 0.3) is 105 Å². The van der Waals surface area contributed by atoms with Crippen LogP contribution in [0.5, 0.6) is 0 Å². The lowest BCUT2D eigenvalue weighted by molar-refractivity contribution is 0.667. The van der Waals surface area contributed by atoms with Gasteiger partial charge in [-0.2, -0.15) is 0 Å². The number of hydrogen-bond acceptors (Lipinski definition) is 4. The fourth-order valence-corrected chi connectivity index (χ4v) is 7.66. The molecule has 228 valence electrons. The van der Waals surface area contributed by atoms with E-state index in [4.69, 9.17) is 18.8 Å². The maximum atomic E-state index is 6.79. The van der Waals surface area contributed by atoms with E-state index < -0.39 is 0 Å². The molecule has 0 fully saturated rings. The maximum absolute atomic E-state index is 6.79. The Hall–Kier alpha value is -6.72. The highest BCUT2D eigenvalue weighted by molar-refractivity contribution is 6.38. The summed E-state index contributed by atoms with van der Waals surface area (Å²) in [5, 5.41) is 7.51. The molecule has 0 aliphatic heterocycles. The number of para-hydroxylation sites is 4. The van der Waals surface area contributed by atoms with Crippen LogP contribution in [0.2, 0.25) is 0 Å². The summed E-state index contributed by atoms with van der Waals surface area (Å²) in [6, 6.07) is 52.2. The van der Waals surface area contributed by atoms with Gasteiger partial charge < -0.3 is 13.4 Å². The fourth-order valence-electron chi connectivity index (χ4n) is 7.66. The average molecular weight is 628 g/mol. The van der Waals surface area contributed by atoms with Gasteiger partial charge in [0.25, 0.3) is 0 Å². The van der Waals surface area contributed by atoms with E-state index in [1.807, 2.05) is 54.6 Å². The molecular formula is C44H25N3O2. The molecule has 11 aromatic rings. The monoisotopic (exact) mass is 627 g/mol. The molecule has 4 heterocycles. The summed E-state index contributed by atoms with van der Waals surface area (Å²) in [6.07, 6.45) is 0. The lowest BCUT2D eigenvalue weighted by Gasteiger charge is -2.11. The summed E-state index contributed by atoms with van der Waals surface area (Å²) in [5.74, 6) is 0.690. The number of benzene rings is 7. The van der Waals surface area contributed by atoms with Crippen molar-refractivity contribution in [1.82, 2.24) is 14.5 Å². The number of aromatic nitrogens is 3. The van der Waals surface area contributed by atoms with Crippen LogP contribution < -0.4 is 0 Å². The first-order valence-corrected chi connectivity index (χ1v) is 16.4. The molecule has 49 heavy (non-hydrogen) atoms. The van der Waals surface area contributed by atoms with E-state index in [-0.39, 0.29) is 0 Å². The van der Waals surface area contributed by atoms with E-state index in [0.717, 1.165) is 99.1 Å². The molecule has 4 aromatic heterocycles. The Morgan fingerprint density at radius 2 is 1.02 bits per heavy atom. The summed E-state index contributed by atoms with van der Waals surface area (Å²) in [4.78, 5) is 10.1. The van der Waals surface area contributed by atoms with Gasteiger partial charge in [-0.15, -0.1) is 0 Å². The van der Waals surface area contributed by atoms with Gasteiger partial charge >= 0.3 is 0 Å². The zero-order valence-corrected chi connectivity index (χ0v) is 26.1. The second-order valence-corrected chi connectivity index (χ2v) is 12.5. The van der Waals surface area contributed by atoms with Gasteiger partial charge in [-0.1, -0.05) is 103 Å². The Morgan fingerprint density at radius 1 is 0.429 bits per heavy atom. The average Bonchev–Trinajstić information content (AvgIpc) is 3.85. The summed E-state index contributed by atoms with van der Waals surface area (Å²) in [6.45, 7) is 0. The fraction of sp³-hybridized carbons (Fsp3) is 0. The molecule has 11 rings (SSSR count). The van der Waals surface area contributed by atoms with Crippen molar-refractivity contribution in [1.29, 1.82) is 0 Å². The molecule has 0 amide bonds. The van der Waals surface area contributed by atoms with E-state index in [0.29, 0.717) is 5.82 Å². The smallest absolute Gasteiger partial charge is 0.160 e. The van der Waals surface area contributed by atoms with Crippen LogP contribution in [0.15, 0.2) is 160 Å². The minimum absolute atomic E-state index is 0.690. The number of furan rings is 2. The third-order valence-corrected chi connectivity index (χ3v) is 9.79. The molecule has 0 unspecified atom stereocenters. The van der Waals surface area contributed by atoms with Crippen LogP contribution in [0, 0.1) is 0 Å². The van der Waals surface area contributed by atoms with Crippen LogP contribution in [0.1, 0.15) is 0 Å². The molecule has 0 atom stereocenters. The quantitative estimate of drug-likeness (QED) is 0.196. The van der Waals surface area contributed by atoms with Gasteiger partial charge in [-0.25, -0.2) is 9.97 Å². The highest BCUT2D eigenvalue weighted by Crippen LogP contribution is 2.48. The molecule has 0 spiro atoms. The first-order chi connectivity index (χ1) is 24.3. The van der Waals surface area contributed by atoms with E-state index >= 15 is 0 Å². The Balaban J connectivity index is 1.20. The minimum Gasteiger partial charge on any atom is -0.455 e. The lowest BCUT2D eigenvalue weighted by Crippen LogP contribution is -1.97. The van der Waals surface area contributed by atoms with Crippen LogP contribution in [-0.4, -0.2) is 14.5 Å². The summed E-state index contributed by atoms with van der Waals surface area (Å²) in [7, 11) is 0. The Bertz CT molecular complexity index is 3090. The SMILES string of the molecule is c1ccc(-c2nc(-c3ccc(-n4c5ccccc5c5c6oc7ccccc7c6c6c7ccccc7oc6c54)cc3)nc3ccccc23)cc1. The molecule has 0 N–H and O–H groups in total. The van der Waals surface area contributed by atoms with Gasteiger partial charge in [0.1, 0.15) is 22.3 Å². The van der Waals surface area contributed by atoms with E-state index in [1.54, 1.807) is 0 Å². The highest BCUT2D eigenvalue weighted by atomic mass is 16.3. The van der Waals surface area contributed by atoms with Gasteiger partial charge in [0.2, 0.25) is 0 Å². The molecule has 5 nitrogen and oxygen atoms in total. The third kappa shape index (κ3) is 3.70. The topological polar surface area (TPSA) is 57.0 Å². The highest BCUT2D eigenvalue weighted by Gasteiger charge is 2.26. The van der Waals surface area contributed by atoms with Gasteiger partial charge in [0.15, 0.2) is 11.4 Å². The molecule has 0 saturated heterocycles. The van der Waals surface area contributed by atoms with Gasteiger partial charge in [-0.05, 0) is 48.5 Å². The predicted molar refractivity (Wildman–Crippen MR) is 199 cm³/mol. The normalized spacial score (nSPS) is 12.1. The molecular weight excluding hydrogens is 603 g/mol. The van der Waals surface area contributed by atoms with Crippen molar-refractivity contribution in [2.75, 3.05) is 0 Å². The summed E-state index contributed by atoms with van der Waals surface area (Å²) < 4.78 is 15.8. The lowest BCUT2D eigenvalue weighted by atomic mass is 10.0. The third-order valence-electron chi connectivity index (χ3n) is 9.79. The largest absolute Gasteiger partial charge is 0.455 e. The van der Waals surface area contributed by atoms with Crippen LogP contribution in [-0.2, 0) is 0 Å². The van der Waals surface area contributed by atoms with E-state index in [2.05, 4.69) is 102 Å². The zero-order valence-electron chi connectivity index (χ0n) is 26.1. The van der Waals surface area contributed by atoms with E-state index in [1.165, 1.54) is 0 Å². The molecule has 0 aliphatic carbocycles. The Kier molecular flexibility index (Phi) is 5.32. The van der Waals surface area contributed by atoms with Crippen molar-refractivity contribution in [2.45, 2.75) is 0 Å². The standard InChI is InChI=1S/C44H25N3O2/c1-2-12-26(13-3-1)40-29-14-4-8-18-33(29)45-44(46-40)27-22-24-28(25-23-27)47-34-19-9-5-15-30(34)39-41(47)43-38(32-17-7-11-21-36(32)49-43)37-31-16-6-10-20-35(31)48-42(37)39/h1-25H. The zero-order chi connectivity index (χ0) is 32.1. The predicted octanol–water partition coefficient (Wildman–Crippen LogP) is 11.9. The van der Waals surface area contributed by atoms with Crippen molar-refractivity contribution in [3.8, 4) is 28.3 Å². The second-order valence-electron chi connectivity index (χ2n) is 12.5. The van der Waals surface area contributed by atoms with E-state index in [9.17, 15) is 0 Å². The molecule has 0 saturated carbocycles. The van der Waals surface area contributed by atoms with Crippen molar-refractivity contribution in [3.05, 3.63) is 152 Å². The number of hydrogen-bond donors (Lipinski definition) is 0.